The molecule has 1 amide bonds. The normalized spacial score (nSPS) is 12.6. The van der Waals surface area contributed by atoms with Crippen LogP contribution >= 0.6 is 15.9 Å². The van der Waals surface area contributed by atoms with Gasteiger partial charge in [-0.2, -0.15) is 0 Å². The van der Waals surface area contributed by atoms with E-state index in [1.54, 1.807) is 0 Å². The number of amides is 1. The lowest BCUT2D eigenvalue weighted by Crippen LogP contribution is -2.39. The van der Waals surface area contributed by atoms with E-state index < -0.39 is 0 Å². The van der Waals surface area contributed by atoms with Crippen LogP contribution in [-0.4, -0.2) is 18.6 Å². The molecule has 0 bridgehead atoms. The maximum absolute atomic E-state index is 11.8. The number of carbonyl (C=O) groups excluding carboxylic acids is 1. The third-order valence-corrected chi connectivity index (χ3v) is 3.83. The molecule has 0 aliphatic heterocycles. The predicted molar refractivity (Wildman–Crippen MR) is 86.2 cm³/mol. The summed E-state index contributed by atoms with van der Waals surface area (Å²) in [5.74, 6) is 1.46. The monoisotopic (exact) mass is 341 g/mol. The lowest BCUT2D eigenvalue weighted by atomic mass is 10.0. The van der Waals surface area contributed by atoms with E-state index in [0.29, 0.717) is 11.8 Å². The van der Waals surface area contributed by atoms with Crippen molar-refractivity contribution in [3.05, 3.63) is 28.2 Å². The molecule has 1 atom stereocenters. The van der Waals surface area contributed by atoms with Crippen molar-refractivity contribution in [1.82, 2.24) is 5.32 Å². The Kier molecular flexibility index (Phi) is 6.53. The minimum absolute atomic E-state index is 0.0540. The molecule has 1 aromatic carbocycles. The van der Waals surface area contributed by atoms with Crippen LogP contribution < -0.4 is 10.1 Å². The van der Waals surface area contributed by atoms with Gasteiger partial charge in [0, 0.05) is 10.5 Å². The van der Waals surface area contributed by atoms with Crippen LogP contribution in [0, 0.1) is 5.92 Å². The Bertz CT molecular complexity index is 458. The van der Waals surface area contributed by atoms with Crippen LogP contribution in [-0.2, 0) is 4.79 Å². The van der Waals surface area contributed by atoms with E-state index in [-0.39, 0.29) is 18.6 Å². The van der Waals surface area contributed by atoms with Crippen molar-refractivity contribution in [3.8, 4) is 5.75 Å². The van der Waals surface area contributed by atoms with Gasteiger partial charge in [-0.1, -0.05) is 43.6 Å². The van der Waals surface area contributed by atoms with Crippen LogP contribution in [0.1, 0.15) is 46.1 Å². The van der Waals surface area contributed by atoms with Gasteiger partial charge in [0.25, 0.3) is 5.91 Å². The van der Waals surface area contributed by atoms with Crippen molar-refractivity contribution in [2.45, 2.75) is 46.6 Å². The number of hydrogen-bond acceptors (Lipinski definition) is 2. The second-order valence-corrected chi connectivity index (χ2v) is 6.64. The van der Waals surface area contributed by atoms with Crippen molar-refractivity contribution in [2.75, 3.05) is 6.61 Å². The summed E-state index contributed by atoms with van der Waals surface area (Å²) in [5.41, 5.74) is 1.10. The van der Waals surface area contributed by atoms with E-state index >= 15 is 0 Å². The number of hydrogen-bond donors (Lipinski definition) is 1. The molecule has 0 aliphatic rings. The smallest absolute Gasteiger partial charge is 0.258 e. The number of carbonyl (C=O) groups is 1. The Labute approximate surface area is 130 Å². The molecule has 1 unspecified atom stereocenters. The van der Waals surface area contributed by atoms with Gasteiger partial charge in [0.2, 0.25) is 0 Å². The molecule has 0 heterocycles. The van der Waals surface area contributed by atoms with Crippen LogP contribution in [0.2, 0.25) is 0 Å². The van der Waals surface area contributed by atoms with Gasteiger partial charge >= 0.3 is 0 Å². The molecule has 0 spiro atoms. The highest BCUT2D eigenvalue weighted by Gasteiger charge is 2.13. The third-order valence-electron chi connectivity index (χ3n) is 3.34. The van der Waals surface area contributed by atoms with Crippen molar-refractivity contribution < 1.29 is 9.53 Å². The first-order valence-electron chi connectivity index (χ1n) is 7.02. The topological polar surface area (TPSA) is 38.3 Å². The summed E-state index contributed by atoms with van der Waals surface area (Å²) < 4.78 is 6.68. The highest BCUT2D eigenvalue weighted by atomic mass is 79.9. The van der Waals surface area contributed by atoms with Crippen molar-refractivity contribution in [1.29, 1.82) is 0 Å². The molecule has 20 heavy (non-hydrogen) atoms. The zero-order chi connectivity index (χ0) is 15.3. The summed E-state index contributed by atoms with van der Waals surface area (Å²) in [6.45, 7) is 10.4. The lowest BCUT2D eigenvalue weighted by Gasteiger charge is -2.18. The average Bonchev–Trinajstić information content (AvgIpc) is 2.36. The van der Waals surface area contributed by atoms with Crippen LogP contribution in [0.15, 0.2) is 22.7 Å². The Morgan fingerprint density at radius 3 is 2.45 bits per heavy atom. The average molecular weight is 342 g/mol. The summed E-state index contributed by atoms with van der Waals surface area (Å²) in [5, 5.41) is 2.94. The molecule has 0 aromatic heterocycles. The van der Waals surface area contributed by atoms with E-state index in [9.17, 15) is 4.79 Å². The molecule has 1 rings (SSSR count). The first-order valence-corrected chi connectivity index (χ1v) is 7.82. The lowest BCUT2D eigenvalue weighted by molar-refractivity contribution is -0.124. The minimum Gasteiger partial charge on any atom is -0.483 e. The SMILES string of the molecule is CC(C)c1cc(Br)ccc1OCC(=O)NC(C)C(C)C. The largest absolute Gasteiger partial charge is 0.483 e. The fourth-order valence-corrected chi connectivity index (χ4v) is 2.09. The van der Waals surface area contributed by atoms with Crippen molar-refractivity contribution in [2.24, 2.45) is 5.92 Å². The summed E-state index contributed by atoms with van der Waals surface area (Å²) >= 11 is 3.46. The Morgan fingerprint density at radius 2 is 1.90 bits per heavy atom. The molecule has 0 aliphatic carbocycles. The third kappa shape index (κ3) is 5.16. The van der Waals surface area contributed by atoms with Crippen LogP contribution in [0.25, 0.3) is 0 Å². The van der Waals surface area contributed by atoms with Crippen molar-refractivity contribution >= 4 is 21.8 Å². The summed E-state index contributed by atoms with van der Waals surface area (Å²) in [4.78, 5) is 11.8. The maximum Gasteiger partial charge on any atom is 0.258 e. The van der Waals surface area contributed by atoms with Gasteiger partial charge in [0.05, 0.1) is 0 Å². The molecule has 0 radical (unpaired) electrons. The van der Waals surface area contributed by atoms with Gasteiger partial charge in [0.15, 0.2) is 6.61 Å². The van der Waals surface area contributed by atoms with Gasteiger partial charge in [-0.25, -0.2) is 0 Å². The van der Waals surface area contributed by atoms with Gasteiger partial charge in [-0.3, -0.25) is 4.79 Å². The van der Waals surface area contributed by atoms with Crippen LogP contribution in [0.5, 0.6) is 5.75 Å². The quantitative estimate of drug-likeness (QED) is 0.845. The molecule has 4 heteroatoms. The van der Waals surface area contributed by atoms with Gasteiger partial charge in [-0.05, 0) is 42.5 Å². The number of ether oxygens (including phenoxy) is 1. The number of nitrogens with one attached hydrogen (secondary N) is 1. The van der Waals surface area contributed by atoms with Crippen LogP contribution in [0.3, 0.4) is 0 Å². The first kappa shape index (κ1) is 17.0. The fraction of sp³-hybridized carbons (Fsp3) is 0.562. The molecule has 0 saturated heterocycles. The van der Waals surface area contributed by atoms with Crippen LogP contribution in [0.4, 0.5) is 0 Å². The molecule has 3 nitrogen and oxygen atoms in total. The molecule has 1 aromatic rings. The standard InChI is InChI=1S/C16H24BrNO2/c1-10(2)12(5)18-16(19)9-20-15-7-6-13(17)8-14(15)11(3)4/h6-8,10-12H,9H2,1-5H3,(H,18,19). The minimum atomic E-state index is -0.0798. The summed E-state index contributed by atoms with van der Waals surface area (Å²) in [7, 11) is 0. The zero-order valence-electron chi connectivity index (χ0n) is 12.9. The van der Waals surface area contributed by atoms with E-state index in [0.717, 1.165) is 15.8 Å². The maximum atomic E-state index is 11.8. The van der Waals surface area contributed by atoms with Gasteiger partial charge < -0.3 is 10.1 Å². The fourth-order valence-electron chi connectivity index (χ4n) is 1.71. The highest BCUT2D eigenvalue weighted by Crippen LogP contribution is 2.29. The van der Waals surface area contributed by atoms with E-state index in [1.807, 2.05) is 25.1 Å². The van der Waals surface area contributed by atoms with E-state index in [4.69, 9.17) is 4.74 Å². The number of rotatable bonds is 6. The van der Waals surface area contributed by atoms with E-state index in [1.165, 1.54) is 0 Å². The first-order chi connectivity index (χ1) is 9.31. The van der Waals surface area contributed by atoms with Gasteiger partial charge in [0.1, 0.15) is 5.75 Å². The molecule has 1 N–H and O–H groups in total. The summed E-state index contributed by atoms with van der Waals surface area (Å²) in [6, 6.07) is 6.02. The second-order valence-electron chi connectivity index (χ2n) is 5.73. The molecular weight excluding hydrogens is 318 g/mol. The molecule has 112 valence electrons. The molecule has 0 fully saturated rings. The van der Waals surface area contributed by atoms with E-state index in [2.05, 4.69) is 48.9 Å². The second kappa shape index (κ2) is 7.67. The van der Waals surface area contributed by atoms with Gasteiger partial charge in [-0.15, -0.1) is 0 Å². The van der Waals surface area contributed by atoms with Crippen molar-refractivity contribution in [3.63, 3.8) is 0 Å². The Hall–Kier alpha value is -1.03. The number of benzene rings is 1. The highest BCUT2D eigenvalue weighted by molar-refractivity contribution is 9.10. The Morgan fingerprint density at radius 1 is 1.25 bits per heavy atom. The summed E-state index contributed by atoms with van der Waals surface area (Å²) in [6.07, 6.45) is 0. The molecule has 0 saturated carbocycles. The zero-order valence-corrected chi connectivity index (χ0v) is 14.5. The predicted octanol–water partition coefficient (Wildman–Crippen LogP) is 4.11. The molecular formula is C16H24BrNO2. The Balaban J connectivity index is 2.64. The number of halogens is 1.